The summed E-state index contributed by atoms with van der Waals surface area (Å²) in [7, 11) is -3.92. The largest absolute Gasteiger partial charge is 0.301 e. The summed E-state index contributed by atoms with van der Waals surface area (Å²) in [6.07, 6.45) is 0. The average molecular weight is 495 g/mol. The number of anilines is 1. The zero-order valence-corrected chi connectivity index (χ0v) is 20.0. The van der Waals surface area contributed by atoms with E-state index in [4.69, 9.17) is 11.6 Å². The molecule has 4 aromatic rings. The molecule has 11 heteroatoms. The van der Waals surface area contributed by atoms with Gasteiger partial charge in [0.2, 0.25) is 15.9 Å². The lowest BCUT2D eigenvalue weighted by molar-refractivity contribution is -0.118. The van der Waals surface area contributed by atoms with Crippen LogP contribution in [0.5, 0.6) is 0 Å². The van der Waals surface area contributed by atoms with Crippen LogP contribution in [-0.4, -0.2) is 30.3 Å². The fourth-order valence-electron chi connectivity index (χ4n) is 3.05. The predicted molar refractivity (Wildman–Crippen MR) is 127 cm³/mol. The van der Waals surface area contributed by atoms with Crippen LogP contribution in [0.25, 0.3) is 20.4 Å². The SMILES string of the molecule is Cc1nc2ccc(S(=O)(=O)N[C@@H](C(=O)Nc3nc4ccc(Cl)cc4s3)C(C)C)cc2s1. The number of hydrogen-bond acceptors (Lipinski definition) is 7. The van der Waals surface area contributed by atoms with Crippen molar-refractivity contribution in [2.75, 3.05) is 5.32 Å². The van der Waals surface area contributed by atoms with Crippen LogP contribution in [0.4, 0.5) is 5.13 Å². The molecule has 0 aliphatic heterocycles. The Balaban J connectivity index is 1.57. The van der Waals surface area contributed by atoms with Crippen LogP contribution in [0.3, 0.4) is 0 Å². The normalized spacial score (nSPS) is 13.2. The first-order chi connectivity index (χ1) is 14.6. The molecule has 2 aromatic carbocycles. The molecule has 0 fully saturated rings. The van der Waals surface area contributed by atoms with Gasteiger partial charge in [0.05, 0.1) is 30.3 Å². The molecule has 0 aliphatic rings. The topological polar surface area (TPSA) is 101 Å². The standard InChI is InChI=1S/C20H19ClN4O3S3/c1-10(2)18(19(26)24-20-23-15-6-4-12(21)8-16(15)30-20)25-31(27,28)13-5-7-14-17(9-13)29-11(3)22-14/h4-10,18,25H,1-3H3,(H,23,24,26)/t18-/m1/s1. The van der Waals surface area contributed by atoms with Crippen molar-refractivity contribution in [3.05, 3.63) is 46.4 Å². The number of rotatable bonds is 6. The van der Waals surface area contributed by atoms with Crippen molar-refractivity contribution in [3.8, 4) is 0 Å². The lowest BCUT2D eigenvalue weighted by Gasteiger charge is -2.21. The van der Waals surface area contributed by atoms with E-state index in [0.29, 0.717) is 15.7 Å². The van der Waals surface area contributed by atoms with Crippen molar-refractivity contribution in [1.29, 1.82) is 0 Å². The van der Waals surface area contributed by atoms with Gasteiger partial charge in [-0.2, -0.15) is 4.72 Å². The zero-order chi connectivity index (χ0) is 22.3. The van der Waals surface area contributed by atoms with Gasteiger partial charge in [0, 0.05) is 5.02 Å². The first-order valence-corrected chi connectivity index (χ1v) is 12.9. The molecular weight excluding hydrogens is 476 g/mol. The predicted octanol–water partition coefficient (Wildman–Crippen LogP) is 4.81. The molecule has 2 heterocycles. The van der Waals surface area contributed by atoms with Crippen molar-refractivity contribution in [1.82, 2.24) is 14.7 Å². The summed E-state index contributed by atoms with van der Waals surface area (Å²) in [5, 5.41) is 4.55. The molecule has 31 heavy (non-hydrogen) atoms. The fraction of sp³-hybridized carbons (Fsp3) is 0.250. The number of carbonyl (C=O) groups excluding carboxylic acids is 1. The van der Waals surface area contributed by atoms with E-state index < -0.39 is 22.0 Å². The Kier molecular flexibility index (Phi) is 6.01. The highest BCUT2D eigenvalue weighted by Gasteiger charge is 2.29. The third-order valence-corrected chi connectivity index (χ3v) is 8.13. The van der Waals surface area contributed by atoms with E-state index >= 15 is 0 Å². The molecule has 1 atom stereocenters. The van der Waals surface area contributed by atoms with Crippen LogP contribution in [0.15, 0.2) is 41.3 Å². The van der Waals surface area contributed by atoms with Crippen LogP contribution >= 0.6 is 34.3 Å². The first-order valence-electron chi connectivity index (χ1n) is 9.39. The summed E-state index contributed by atoms with van der Waals surface area (Å²) in [6.45, 7) is 5.42. The van der Waals surface area contributed by atoms with E-state index in [9.17, 15) is 13.2 Å². The van der Waals surface area contributed by atoms with E-state index in [1.807, 2.05) is 6.92 Å². The van der Waals surface area contributed by atoms with Gasteiger partial charge in [-0.1, -0.05) is 36.8 Å². The molecule has 0 unspecified atom stereocenters. The van der Waals surface area contributed by atoms with Gasteiger partial charge in [-0.25, -0.2) is 18.4 Å². The second-order valence-corrected chi connectivity index (χ2v) is 11.7. The van der Waals surface area contributed by atoms with Crippen molar-refractivity contribution < 1.29 is 13.2 Å². The highest BCUT2D eigenvalue weighted by molar-refractivity contribution is 7.89. The monoisotopic (exact) mass is 494 g/mol. The van der Waals surface area contributed by atoms with Crippen molar-refractivity contribution >= 4 is 75.8 Å². The van der Waals surface area contributed by atoms with Gasteiger partial charge >= 0.3 is 0 Å². The quantitative estimate of drug-likeness (QED) is 0.400. The summed E-state index contributed by atoms with van der Waals surface area (Å²) in [6, 6.07) is 9.03. The van der Waals surface area contributed by atoms with Gasteiger partial charge in [0.25, 0.3) is 0 Å². The van der Waals surface area contributed by atoms with Gasteiger partial charge in [0.1, 0.15) is 6.04 Å². The van der Waals surface area contributed by atoms with Gasteiger partial charge in [-0.3, -0.25) is 4.79 Å². The van der Waals surface area contributed by atoms with E-state index in [1.54, 1.807) is 44.2 Å². The van der Waals surface area contributed by atoms with Crippen LogP contribution < -0.4 is 10.0 Å². The molecular formula is C20H19ClN4O3S3. The zero-order valence-electron chi connectivity index (χ0n) is 16.8. The highest BCUT2D eigenvalue weighted by Crippen LogP contribution is 2.29. The molecule has 7 nitrogen and oxygen atoms in total. The fourth-order valence-corrected chi connectivity index (χ4v) is 6.51. The molecule has 2 aromatic heterocycles. The van der Waals surface area contributed by atoms with Gasteiger partial charge in [-0.05, 0) is 49.2 Å². The molecule has 162 valence electrons. The Hall–Kier alpha value is -2.11. The summed E-state index contributed by atoms with van der Waals surface area (Å²) in [5.74, 6) is -0.758. The molecule has 0 spiro atoms. The summed E-state index contributed by atoms with van der Waals surface area (Å²) in [4.78, 5) is 21.7. The number of carbonyl (C=O) groups is 1. The molecule has 0 saturated carbocycles. The molecule has 2 N–H and O–H groups in total. The first kappa shape index (κ1) is 22.1. The van der Waals surface area contributed by atoms with E-state index in [1.165, 1.54) is 28.7 Å². The maximum absolute atomic E-state index is 13.0. The third kappa shape index (κ3) is 4.73. The smallest absolute Gasteiger partial charge is 0.244 e. The number of benzene rings is 2. The van der Waals surface area contributed by atoms with Crippen LogP contribution in [-0.2, 0) is 14.8 Å². The molecule has 0 aliphatic carbocycles. The number of amides is 1. The minimum absolute atomic E-state index is 0.0942. The van der Waals surface area contributed by atoms with Crippen LogP contribution in [0.2, 0.25) is 5.02 Å². The number of aryl methyl sites for hydroxylation is 1. The van der Waals surface area contributed by atoms with Crippen LogP contribution in [0, 0.1) is 12.8 Å². The number of halogens is 1. The molecule has 0 saturated heterocycles. The second kappa shape index (κ2) is 8.44. The minimum atomic E-state index is -3.92. The number of thiazole rings is 2. The Bertz CT molecular complexity index is 1400. The number of fused-ring (bicyclic) bond motifs is 2. The summed E-state index contributed by atoms with van der Waals surface area (Å²) < 4.78 is 30.1. The number of nitrogens with zero attached hydrogens (tertiary/aromatic N) is 2. The van der Waals surface area contributed by atoms with E-state index in [0.717, 1.165) is 19.9 Å². The molecule has 0 radical (unpaired) electrons. The highest BCUT2D eigenvalue weighted by atomic mass is 35.5. The minimum Gasteiger partial charge on any atom is -0.301 e. The van der Waals surface area contributed by atoms with Gasteiger partial charge in [-0.15, -0.1) is 11.3 Å². The number of sulfonamides is 1. The molecule has 4 rings (SSSR count). The lowest BCUT2D eigenvalue weighted by Crippen LogP contribution is -2.47. The number of aromatic nitrogens is 2. The number of hydrogen-bond donors (Lipinski definition) is 2. The lowest BCUT2D eigenvalue weighted by atomic mass is 10.1. The van der Waals surface area contributed by atoms with E-state index in [-0.39, 0.29) is 10.8 Å². The average Bonchev–Trinajstić information content (AvgIpc) is 3.26. The Labute approximate surface area is 192 Å². The Morgan fingerprint density at radius 1 is 1.03 bits per heavy atom. The molecule has 0 bridgehead atoms. The Morgan fingerprint density at radius 3 is 2.45 bits per heavy atom. The van der Waals surface area contributed by atoms with Crippen molar-refractivity contribution in [2.24, 2.45) is 5.92 Å². The summed E-state index contributed by atoms with van der Waals surface area (Å²) in [5.41, 5.74) is 1.45. The maximum Gasteiger partial charge on any atom is 0.244 e. The maximum atomic E-state index is 13.0. The Morgan fingerprint density at radius 2 is 1.71 bits per heavy atom. The van der Waals surface area contributed by atoms with Crippen molar-refractivity contribution in [2.45, 2.75) is 31.7 Å². The number of nitrogens with one attached hydrogen (secondary N) is 2. The van der Waals surface area contributed by atoms with Gasteiger partial charge < -0.3 is 5.32 Å². The van der Waals surface area contributed by atoms with Crippen LogP contribution in [0.1, 0.15) is 18.9 Å². The summed E-state index contributed by atoms with van der Waals surface area (Å²) >= 11 is 8.70. The van der Waals surface area contributed by atoms with Crippen molar-refractivity contribution in [3.63, 3.8) is 0 Å². The molecule has 1 amide bonds. The second-order valence-electron chi connectivity index (χ2n) is 7.33. The van der Waals surface area contributed by atoms with E-state index in [2.05, 4.69) is 20.0 Å². The van der Waals surface area contributed by atoms with Gasteiger partial charge in [0.15, 0.2) is 5.13 Å². The third-order valence-electron chi connectivity index (χ3n) is 4.59.